The van der Waals surface area contributed by atoms with Gasteiger partial charge >= 0.3 is 6.03 Å². The molecule has 2 aromatic rings. The number of carbonyl (C=O) groups is 1. The number of fused-ring (bicyclic) bond motifs is 1. The van der Waals surface area contributed by atoms with E-state index in [1.165, 1.54) is 37.7 Å². The first-order valence-electron chi connectivity index (χ1n) is 13.3. The molecule has 3 atom stereocenters. The van der Waals surface area contributed by atoms with Gasteiger partial charge in [-0.25, -0.2) is 4.79 Å². The summed E-state index contributed by atoms with van der Waals surface area (Å²) in [4.78, 5) is 15.7. The quantitative estimate of drug-likeness (QED) is 0.427. The number of anilines is 1. The molecule has 0 radical (unpaired) electrons. The average molecular weight is 557 g/mol. The monoisotopic (exact) mass is 555 g/mol. The van der Waals surface area contributed by atoms with Crippen LogP contribution in [0.15, 0.2) is 46.9 Å². The molecule has 3 fully saturated rings. The molecule has 1 saturated heterocycles. The minimum absolute atomic E-state index is 0.0793. The van der Waals surface area contributed by atoms with E-state index in [0.29, 0.717) is 12.1 Å². The van der Waals surface area contributed by atoms with Crippen LogP contribution in [-0.2, 0) is 5.41 Å². The number of urea groups is 1. The summed E-state index contributed by atoms with van der Waals surface area (Å²) in [5.74, 6) is 1.57. The highest BCUT2D eigenvalue weighted by Crippen LogP contribution is 2.51. The summed E-state index contributed by atoms with van der Waals surface area (Å²) in [6.45, 7) is 1.13. The van der Waals surface area contributed by atoms with E-state index >= 15 is 0 Å². The van der Waals surface area contributed by atoms with Crippen molar-refractivity contribution in [1.29, 1.82) is 0 Å². The highest BCUT2D eigenvalue weighted by atomic mass is 79.9. The molecule has 3 aliphatic rings. The molecule has 2 saturated carbocycles. The number of carbonyl (C=O) groups excluding carboxylic acids is 1. The topological polar surface area (TPSA) is 62.8 Å². The van der Waals surface area contributed by atoms with Crippen LogP contribution in [0.1, 0.15) is 63.4 Å². The van der Waals surface area contributed by atoms with Crippen LogP contribution in [0.25, 0.3) is 0 Å². The van der Waals surface area contributed by atoms with Crippen LogP contribution in [0.4, 0.5) is 10.5 Å². The first kappa shape index (κ1) is 25.4. The van der Waals surface area contributed by atoms with E-state index < -0.39 is 0 Å². The van der Waals surface area contributed by atoms with Gasteiger partial charge in [0.05, 0.1) is 14.2 Å². The number of ether oxygens (including phenoxy) is 2. The van der Waals surface area contributed by atoms with Crippen molar-refractivity contribution < 1.29 is 14.3 Å². The maximum absolute atomic E-state index is 12.9. The standard InChI is InChI=1S/C29H38BrN3O3/c1-35-25-12-11-20(17-26(25)36-2)29-14-13-23(32-28(34)31-22-8-6-7-21(30)18-22)19-27(29)33(16-15-29)24-9-4-3-5-10-24/h6-8,11-12,17-18,23-24,27H,3-5,9-10,13-16,19H2,1-2H3,(H2,31,32,34). The van der Waals surface area contributed by atoms with E-state index in [1.54, 1.807) is 14.2 Å². The zero-order valence-electron chi connectivity index (χ0n) is 21.4. The molecule has 2 N–H and O–H groups in total. The van der Waals surface area contributed by atoms with Crippen LogP contribution in [0, 0.1) is 0 Å². The molecule has 1 heterocycles. The van der Waals surface area contributed by atoms with Crippen molar-refractivity contribution in [3.63, 3.8) is 0 Å². The summed E-state index contributed by atoms with van der Waals surface area (Å²) in [6.07, 6.45) is 10.7. The highest BCUT2D eigenvalue weighted by molar-refractivity contribution is 9.10. The van der Waals surface area contributed by atoms with Gasteiger partial charge in [-0.2, -0.15) is 0 Å². The fraction of sp³-hybridized carbons (Fsp3) is 0.552. The number of likely N-dealkylation sites (tertiary alicyclic amines) is 1. The first-order valence-corrected chi connectivity index (χ1v) is 14.1. The second-order valence-corrected chi connectivity index (χ2v) is 11.5. The lowest BCUT2D eigenvalue weighted by Crippen LogP contribution is -2.55. The Labute approximate surface area is 223 Å². The van der Waals surface area contributed by atoms with Gasteiger partial charge in [-0.05, 0) is 81.0 Å². The van der Waals surface area contributed by atoms with Crippen LogP contribution in [0.3, 0.4) is 0 Å². The molecule has 5 rings (SSSR count). The van der Waals surface area contributed by atoms with Crippen LogP contribution < -0.4 is 20.1 Å². The smallest absolute Gasteiger partial charge is 0.319 e. The average Bonchev–Trinajstić information content (AvgIpc) is 3.28. The second-order valence-electron chi connectivity index (χ2n) is 10.6. The van der Waals surface area contributed by atoms with E-state index in [-0.39, 0.29) is 17.5 Å². The summed E-state index contributed by atoms with van der Waals surface area (Å²) in [5.41, 5.74) is 2.22. The van der Waals surface area contributed by atoms with Crippen molar-refractivity contribution in [2.75, 3.05) is 26.1 Å². The number of nitrogens with one attached hydrogen (secondary N) is 2. The van der Waals surface area contributed by atoms with Crippen molar-refractivity contribution in [3.05, 3.63) is 52.5 Å². The van der Waals surface area contributed by atoms with Gasteiger partial charge in [-0.1, -0.05) is 47.3 Å². The predicted molar refractivity (Wildman–Crippen MR) is 147 cm³/mol. The van der Waals surface area contributed by atoms with E-state index in [9.17, 15) is 4.79 Å². The predicted octanol–water partition coefficient (Wildman–Crippen LogP) is 6.49. The van der Waals surface area contributed by atoms with Crippen molar-refractivity contribution >= 4 is 27.6 Å². The lowest BCUT2D eigenvalue weighted by Gasteiger charge is -2.47. The van der Waals surface area contributed by atoms with Crippen LogP contribution in [0.2, 0.25) is 0 Å². The highest BCUT2D eigenvalue weighted by Gasteiger charge is 2.53. The second kappa shape index (κ2) is 11.0. The third-order valence-corrected chi connectivity index (χ3v) is 9.21. The number of amides is 2. The van der Waals surface area contributed by atoms with E-state index in [0.717, 1.165) is 53.9 Å². The number of nitrogens with zero attached hydrogens (tertiary/aromatic N) is 1. The van der Waals surface area contributed by atoms with Gasteiger partial charge in [0.1, 0.15) is 0 Å². The Morgan fingerprint density at radius 2 is 1.81 bits per heavy atom. The largest absolute Gasteiger partial charge is 0.493 e. The van der Waals surface area contributed by atoms with Gasteiger partial charge in [0.2, 0.25) is 0 Å². The molecule has 1 aliphatic heterocycles. The number of halogens is 1. The van der Waals surface area contributed by atoms with Gasteiger partial charge in [0.25, 0.3) is 0 Å². The summed E-state index contributed by atoms with van der Waals surface area (Å²) in [7, 11) is 3.40. The van der Waals surface area contributed by atoms with E-state index in [1.807, 2.05) is 24.3 Å². The molecule has 7 heteroatoms. The Bertz CT molecular complexity index is 1070. The molecule has 3 unspecified atom stereocenters. The normalized spacial score (nSPS) is 26.8. The summed E-state index contributed by atoms with van der Waals surface area (Å²) >= 11 is 3.48. The fourth-order valence-electron chi connectivity index (χ4n) is 6.97. The molecular formula is C29H38BrN3O3. The third kappa shape index (κ3) is 5.10. The Hall–Kier alpha value is -2.25. The van der Waals surface area contributed by atoms with Gasteiger partial charge in [0.15, 0.2) is 11.5 Å². The molecule has 2 amide bonds. The van der Waals surface area contributed by atoms with Gasteiger partial charge in [-0.15, -0.1) is 0 Å². The zero-order valence-corrected chi connectivity index (χ0v) is 23.0. The summed E-state index contributed by atoms with van der Waals surface area (Å²) < 4.78 is 12.2. The molecule has 0 spiro atoms. The van der Waals surface area contributed by atoms with Crippen molar-refractivity contribution in [2.24, 2.45) is 0 Å². The van der Waals surface area contributed by atoms with Gasteiger partial charge in [0, 0.05) is 33.7 Å². The van der Waals surface area contributed by atoms with E-state index in [2.05, 4.69) is 49.7 Å². The maximum atomic E-state index is 12.9. The lowest BCUT2D eigenvalue weighted by atomic mass is 9.64. The SMILES string of the molecule is COc1ccc(C23CCC(NC(=O)Nc4cccc(Br)c4)CC2N(C2CCCCC2)CC3)cc1OC. The van der Waals surface area contributed by atoms with Crippen LogP contribution in [0.5, 0.6) is 11.5 Å². The lowest BCUT2D eigenvalue weighted by molar-refractivity contribution is 0.0825. The third-order valence-electron chi connectivity index (χ3n) is 8.72. The van der Waals surface area contributed by atoms with Gasteiger partial charge in [-0.3, -0.25) is 4.90 Å². The van der Waals surface area contributed by atoms with Crippen molar-refractivity contribution in [3.8, 4) is 11.5 Å². The minimum Gasteiger partial charge on any atom is -0.493 e. The first-order chi connectivity index (χ1) is 17.5. The van der Waals surface area contributed by atoms with Crippen molar-refractivity contribution in [1.82, 2.24) is 10.2 Å². The Balaban J connectivity index is 1.37. The number of methoxy groups -OCH3 is 2. The van der Waals surface area contributed by atoms with Gasteiger partial charge < -0.3 is 20.1 Å². The molecule has 2 aliphatic carbocycles. The number of rotatable bonds is 6. The summed E-state index contributed by atoms with van der Waals surface area (Å²) in [6, 6.07) is 15.3. The minimum atomic E-state index is -0.126. The maximum Gasteiger partial charge on any atom is 0.319 e. The van der Waals surface area contributed by atoms with Crippen LogP contribution in [-0.4, -0.2) is 49.8 Å². The fourth-order valence-corrected chi connectivity index (χ4v) is 7.37. The number of hydrogen-bond donors (Lipinski definition) is 2. The Morgan fingerprint density at radius 1 is 1.00 bits per heavy atom. The Kier molecular flexibility index (Phi) is 7.77. The number of benzene rings is 2. The molecule has 2 aromatic carbocycles. The zero-order chi connectivity index (χ0) is 25.1. The molecule has 194 valence electrons. The van der Waals surface area contributed by atoms with E-state index in [4.69, 9.17) is 9.47 Å². The number of hydrogen-bond acceptors (Lipinski definition) is 4. The molecule has 6 nitrogen and oxygen atoms in total. The van der Waals surface area contributed by atoms with Crippen LogP contribution >= 0.6 is 15.9 Å². The van der Waals surface area contributed by atoms with Crippen molar-refractivity contribution in [2.45, 2.75) is 81.3 Å². The Morgan fingerprint density at radius 3 is 2.56 bits per heavy atom. The molecule has 0 bridgehead atoms. The molecular weight excluding hydrogens is 518 g/mol. The molecule has 0 aromatic heterocycles. The summed E-state index contributed by atoms with van der Waals surface area (Å²) in [5, 5.41) is 6.30. The molecule has 36 heavy (non-hydrogen) atoms.